The number of nitrogens with zero attached hydrogens (tertiary/aromatic N) is 7. The van der Waals surface area contributed by atoms with Gasteiger partial charge in [0.1, 0.15) is 5.82 Å². The molecule has 0 N–H and O–H groups in total. The molecule has 0 amide bonds. The monoisotopic (exact) mass is 395 g/mol. The summed E-state index contributed by atoms with van der Waals surface area (Å²) in [6.45, 7) is 1.48. The third kappa shape index (κ3) is 3.30. The van der Waals surface area contributed by atoms with Gasteiger partial charge < -0.3 is 4.90 Å². The Balaban J connectivity index is 1.41. The van der Waals surface area contributed by atoms with Crippen LogP contribution >= 0.6 is 11.8 Å². The van der Waals surface area contributed by atoms with Gasteiger partial charge in [-0.1, -0.05) is 0 Å². The van der Waals surface area contributed by atoms with Crippen LogP contribution in [0.1, 0.15) is 24.1 Å². The summed E-state index contributed by atoms with van der Waals surface area (Å²) in [7, 11) is 0. The van der Waals surface area contributed by atoms with Crippen LogP contribution in [-0.4, -0.2) is 47.9 Å². The summed E-state index contributed by atoms with van der Waals surface area (Å²) in [4.78, 5) is 23.9. The molecule has 5 rings (SSSR count). The van der Waals surface area contributed by atoms with Gasteiger partial charge in [0.05, 0.1) is 30.7 Å². The fourth-order valence-electron chi connectivity index (χ4n) is 3.91. The summed E-state index contributed by atoms with van der Waals surface area (Å²) < 4.78 is 3.34. The van der Waals surface area contributed by atoms with Crippen molar-refractivity contribution in [1.82, 2.24) is 29.5 Å². The van der Waals surface area contributed by atoms with Crippen LogP contribution in [0.3, 0.4) is 0 Å². The van der Waals surface area contributed by atoms with E-state index in [9.17, 15) is 4.79 Å². The highest BCUT2D eigenvalue weighted by atomic mass is 32.2. The molecule has 0 aliphatic carbocycles. The van der Waals surface area contributed by atoms with Crippen LogP contribution in [0, 0.1) is 0 Å². The number of thioether (sulfide) groups is 1. The smallest absolute Gasteiger partial charge is 0.267 e. The lowest BCUT2D eigenvalue weighted by Gasteiger charge is -2.26. The molecule has 2 aliphatic rings. The second-order valence-electron chi connectivity index (χ2n) is 7.11. The highest BCUT2D eigenvalue weighted by Gasteiger charge is 2.27. The van der Waals surface area contributed by atoms with Crippen LogP contribution in [-0.2, 0) is 18.7 Å². The van der Waals surface area contributed by atoms with E-state index in [4.69, 9.17) is 4.98 Å². The second kappa shape index (κ2) is 7.38. The molecule has 1 atom stereocenters. The molecule has 1 fully saturated rings. The van der Waals surface area contributed by atoms with Gasteiger partial charge in [-0.25, -0.2) is 14.3 Å². The zero-order chi connectivity index (χ0) is 18.9. The summed E-state index contributed by atoms with van der Waals surface area (Å²) in [6.07, 6.45) is 10.1. The lowest BCUT2D eigenvalue weighted by molar-refractivity contribution is 0.479. The lowest BCUT2D eigenvalue weighted by Crippen LogP contribution is -2.38. The van der Waals surface area contributed by atoms with Gasteiger partial charge in [0.15, 0.2) is 5.82 Å². The third-order valence-electron chi connectivity index (χ3n) is 5.31. The average molecular weight is 395 g/mol. The fourth-order valence-corrected chi connectivity index (χ4v) is 4.86. The molecule has 1 unspecified atom stereocenters. The van der Waals surface area contributed by atoms with Crippen molar-refractivity contribution in [2.45, 2.75) is 37.6 Å². The van der Waals surface area contributed by atoms with Gasteiger partial charge in [0, 0.05) is 37.2 Å². The van der Waals surface area contributed by atoms with Crippen LogP contribution in [0.2, 0.25) is 0 Å². The molecule has 144 valence electrons. The van der Waals surface area contributed by atoms with E-state index in [2.05, 4.69) is 20.1 Å². The normalized spacial score (nSPS) is 19.0. The Bertz CT molecular complexity index is 1030. The highest BCUT2D eigenvalue weighted by molar-refractivity contribution is 7.98. The summed E-state index contributed by atoms with van der Waals surface area (Å²) in [6, 6.07) is 3.81. The standard InChI is InChI=1S/C19H21N7OS/c27-19-9-14-13-28-8-4-16(14)23-26(19)12-15-3-1-6-24(15)17-10-20-11-18(22-17)25-7-2-5-21-25/h2,5,7,9-11,15H,1,3-4,6,8,12-13H2. The maximum atomic E-state index is 12.6. The SMILES string of the molecule is O=c1cc2c(nn1CC1CCCN1c1cncc(-n3cccn3)n1)CCSC2. The minimum Gasteiger partial charge on any atom is -0.350 e. The molecule has 2 aliphatic heterocycles. The van der Waals surface area contributed by atoms with Gasteiger partial charge in [-0.05, 0) is 30.2 Å². The van der Waals surface area contributed by atoms with Crippen molar-refractivity contribution >= 4 is 17.6 Å². The lowest BCUT2D eigenvalue weighted by atomic mass is 10.2. The molecule has 8 nitrogen and oxygen atoms in total. The zero-order valence-electron chi connectivity index (χ0n) is 15.4. The van der Waals surface area contributed by atoms with Crippen LogP contribution < -0.4 is 10.5 Å². The van der Waals surface area contributed by atoms with Gasteiger partial charge in [0.25, 0.3) is 5.56 Å². The molecule has 0 aromatic carbocycles. The molecular formula is C19H21N7OS. The van der Waals surface area contributed by atoms with E-state index in [-0.39, 0.29) is 11.6 Å². The van der Waals surface area contributed by atoms with E-state index in [1.54, 1.807) is 34.0 Å². The van der Waals surface area contributed by atoms with Crippen molar-refractivity contribution in [2.24, 2.45) is 0 Å². The highest BCUT2D eigenvalue weighted by Crippen LogP contribution is 2.25. The Morgan fingerprint density at radius 1 is 1.25 bits per heavy atom. The summed E-state index contributed by atoms with van der Waals surface area (Å²) in [5, 5.41) is 8.91. The Labute approximate surface area is 166 Å². The zero-order valence-corrected chi connectivity index (χ0v) is 16.3. The topological polar surface area (TPSA) is 81.7 Å². The largest absolute Gasteiger partial charge is 0.350 e. The molecular weight excluding hydrogens is 374 g/mol. The molecule has 3 aromatic heterocycles. The van der Waals surface area contributed by atoms with Gasteiger partial charge in [-0.3, -0.25) is 9.78 Å². The van der Waals surface area contributed by atoms with Crippen molar-refractivity contribution in [1.29, 1.82) is 0 Å². The van der Waals surface area contributed by atoms with Gasteiger partial charge >= 0.3 is 0 Å². The number of hydrogen-bond acceptors (Lipinski definition) is 7. The quantitative estimate of drug-likeness (QED) is 0.665. The van der Waals surface area contributed by atoms with Gasteiger partial charge in [-0.15, -0.1) is 0 Å². The van der Waals surface area contributed by atoms with E-state index >= 15 is 0 Å². The number of aromatic nitrogens is 6. The van der Waals surface area contributed by atoms with Crippen molar-refractivity contribution in [3.05, 3.63) is 58.5 Å². The molecule has 5 heterocycles. The predicted octanol–water partition coefficient (Wildman–Crippen LogP) is 1.68. The number of anilines is 1. The molecule has 3 aromatic rings. The first-order chi connectivity index (χ1) is 13.8. The maximum Gasteiger partial charge on any atom is 0.267 e. The van der Waals surface area contributed by atoms with Crippen LogP contribution in [0.25, 0.3) is 5.82 Å². The molecule has 0 bridgehead atoms. The molecule has 0 spiro atoms. The van der Waals surface area contributed by atoms with Crippen molar-refractivity contribution in [3.8, 4) is 5.82 Å². The number of aryl methyl sites for hydroxylation is 1. The Morgan fingerprint density at radius 3 is 3.07 bits per heavy atom. The molecule has 1 saturated heterocycles. The Kier molecular flexibility index (Phi) is 4.59. The minimum atomic E-state index is -0.00974. The first kappa shape index (κ1) is 17.4. The molecule has 0 radical (unpaired) electrons. The van der Waals surface area contributed by atoms with Gasteiger partial charge in [-0.2, -0.15) is 22.0 Å². The number of rotatable bonds is 4. The fraction of sp³-hybridized carbons (Fsp3) is 0.421. The molecule has 0 saturated carbocycles. The Hall–Kier alpha value is -2.68. The minimum absolute atomic E-state index is 0.00974. The van der Waals surface area contributed by atoms with Crippen LogP contribution in [0.15, 0.2) is 41.7 Å². The Morgan fingerprint density at radius 2 is 2.18 bits per heavy atom. The molecule has 28 heavy (non-hydrogen) atoms. The van der Waals surface area contributed by atoms with E-state index in [1.807, 2.05) is 24.0 Å². The summed E-state index contributed by atoms with van der Waals surface area (Å²) in [5.41, 5.74) is 2.16. The summed E-state index contributed by atoms with van der Waals surface area (Å²) in [5.74, 6) is 3.47. The van der Waals surface area contributed by atoms with Crippen molar-refractivity contribution in [3.63, 3.8) is 0 Å². The first-order valence-electron chi connectivity index (χ1n) is 9.54. The molecule has 9 heteroatoms. The van der Waals surface area contributed by atoms with Gasteiger partial charge in [0.2, 0.25) is 0 Å². The predicted molar refractivity (Wildman–Crippen MR) is 108 cm³/mol. The van der Waals surface area contributed by atoms with Crippen molar-refractivity contribution < 1.29 is 0 Å². The number of hydrogen-bond donors (Lipinski definition) is 0. The summed E-state index contributed by atoms with van der Waals surface area (Å²) >= 11 is 1.86. The van der Waals surface area contributed by atoms with Crippen LogP contribution in [0.4, 0.5) is 5.82 Å². The van der Waals surface area contributed by atoms with Crippen molar-refractivity contribution in [2.75, 3.05) is 17.2 Å². The third-order valence-corrected chi connectivity index (χ3v) is 6.32. The first-order valence-corrected chi connectivity index (χ1v) is 10.7. The van der Waals surface area contributed by atoms with Crippen LogP contribution in [0.5, 0.6) is 0 Å². The van der Waals surface area contributed by atoms with E-state index in [1.165, 1.54) is 0 Å². The van der Waals surface area contributed by atoms with E-state index in [0.717, 1.165) is 54.4 Å². The average Bonchev–Trinajstić information content (AvgIpc) is 3.41. The van der Waals surface area contributed by atoms with E-state index < -0.39 is 0 Å². The number of fused-ring (bicyclic) bond motifs is 1. The maximum absolute atomic E-state index is 12.6. The second-order valence-corrected chi connectivity index (χ2v) is 8.22. The van der Waals surface area contributed by atoms with E-state index in [0.29, 0.717) is 12.4 Å².